The maximum absolute atomic E-state index is 13.5. The van der Waals surface area contributed by atoms with Gasteiger partial charge >= 0.3 is 6.18 Å². The fourth-order valence-corrected chi connectivity index (χ4v) is 3.07. The number of nitriles is 1. The average Bonchev–Trinajstić information content (AvgIpc) is 3.07. The summed E-state index contributed by atoms with van der Waals surface area (Å²) in [5.74, 6) is -0.981. The average molecular weight is 404 g/mol. The zero-order valence-corrected chi connectivity index (χ0v) is 15.5. The predicted octanol–water partition coefficient (Wildman–Crippen LogP) is 5.32. The van der Waals surface area contributed by atoms with E-state index in [0.29, 0.717) is 17.2 Å². The molecule has 2 atom stereocenters. The fraction of sp³-hybridized carbons (Fsp3) is 0.300. The maximum Gasteiger partial charge on any atom is 0.417 e. The number of amides is 1. The van der Waals surface area contributed by atoms with Crippen LogP contribution >= 0.6 is 0 Å². The van der Waals surface area contributed by atoms with Crippen LogP contribution in [0.3, 0.4) is 0 Å². The lowest BCUT2D eigenvalue weighted by atomic mass is 9.91. The van der Waals surface area contributed by atoms with E-state index in [4.69, 9.17) is 5.26 Å². The molecule has 5 nitrogen and oxygen atoms in total. The first kappa shape index (κ1) is 20.5. The third-order valence-electron chi connectivity index (χ3n) is 4.77. The molecule has 29 heavy (non-hydrogen) atoms. The molecule has 0 fully saturated rings. The summed E-state index contributed by atoms with van der Waals surface area (Å²) < 4.78 is 52.8. The smallest absolute Gasteiger partial charge is 0.324 e. The molecule has 1 heterocycles. The van der Waals surface area contributed by atoms with Crippen molar-refractivity contribution in [3.8, 4) is 6.07 Å². The van der Waals surface area contributed by atoms with Gasteiger partial charge in [-0.25, -0.2) is 4.39 Å². The van der Waals surface area contributed by atoms with Crippen LogP contribution in [0.25, 0.3) is 0 Å². The molecule has 0 radical (unpaired) electrons. The minimum atomic E-state index is -4.73. The lowest BCUT2D eigenvalue weighted by Crippen LogP contribution is -2.37. The summed E-state index contributed by atoms with van der Waals surface area (Å²) >= 11 is 0. The van der Waals surface area contributed by atoms with E-state index in [-0.39, 0.29) is 17.9 Å². The number of carbonyl (C=O) groups excluding carboxylic acids is 1. The minimum Gasteiger partial charge on any atom is -0.324 e. The van der Waals surface area contributed by atoms with E-state index < -0.39 is 34.8 Å². The molecule has 0 aromatic heterocycles. The lowest BCUT2D eigenvalue weighted by molar-refractivity contribution is -0.137. The van der Waals surface area contributed by atoms with Gasteiger partial charge in [0.15, 0.2) is 5.54 Å². The van der Waals surface area contributed by atoms with E-state index in [1.807, 2.05) is 0 Å². The van der Waals surface area contributed by atoms with E-state index in [0.717, 1.165) is 6.07 Å². The second kappa shape index (κ2) is 7.28. The van der Waals surface area contributed by atoms with Gasteiger partial charge in [0.05, 0.1) is 23.2 Å². The number of aryl methyl sites for hydroxylation is 1. The van der Waals surface area contributed by atoms with Gasteiger partial charge in [-0.2, -0.15) is 28.7 Å². The Hall–Kier alpha value is -3.28. The molecule has 1 aliphatic rings. The summed E-state index contributed by atoms with van der Waals surface area (Å²) in [6.45, 7) is 3.14. The zero-order valence-electron chi connectivity index (χ0n) is 15.5. The van der Waals surface area contributed by atoms with Gasteiger partial charge in [0.1, 0.15) is 5.82 Å². The number of nitrogens with zero attached hydrogens (tertiary/aromatic N) is 3. The largest absolute Gasteiger partial charge is 0.417 e. The number of hydrogen-bond donors (Lipinski definition) is 1. The summed E-state index contributed by atoms with van der Waals surface area (Å²) in [5.41, 5.74) is -1.92. The number of halogens is 4. The monoisotopic (exact) mass is 404 g/mol. The molecule has 0 saturated heterocycles. The molecule has 2 unspecified atom stereocenters. The number of carbonyl (C=O) groups is 1. The second-order valence-electron chi connectivity index (χ2n) is 7.04. The quantitative estimate of drug-likeness (QED) is 0.703. The van der Waals surface area contributed by atoms with Crippen molar-refractivity contribution in [3.63, 3.8) is 0 Å². The number of anilines is 1. The first-order valence-corrected chi connectivity index (χ1v) is 8.64. The summed E-state index contributed by atoms with van der Waals surface area (Å²) in [6.07, 6.45) is -4.54. The van der Waals surface area contributed by atoms with E-state index in [9.17, 15) is 22.4 Å². The predicted molar refractivity (Wildman–Crippen MR) is 96.5 cm³/mol. The molecule has 150 valence electrons. The van der Waals surface area contributed by atoms with Crippen LogP contribution in [-0.4, -0.2) is 11.4 Å². The van der Waals surface area contributed by atoms with Crippen LogP contribution in [0.2, 0.25) is 0 Å². The van der Waals surface area contributed by atoms with Crippen molar-refractivity contribution in [3.05, 3.63) is 64.5 Å². The van der Waals surface area contributed by atoms with E-state index in [1.54, 1.807) is 19.1 Å². The Balaban J connectivity index is 1.79. The van der Waals surface area contributed by atoms with Gasteiger partial charge in [0.25, 0.3) is 5.91 Å². The molecule has 0 aliphatic carbocycles. The lowest BCUT2D eigenvalue weighted by Gasteiger charge is -2.20. The molecule has 0 bridgehead atoms. The number of benzene rings is 2. The van der Waals surface area contributed by atoms with E-state index in [1.165, 1.54) is 25.1 Å². The van der Waals surface area contributed by atoms with E-state index >= 15 is 0 Å². The van der Waals surface area contributed by atoms with Crippen LogP contribution < -0.4 is 5.32 Å². The number of nitrogens with one attached hydrogen (secondary N) is 1. The third-order valence-corrected chi connectivity index (χ3v) is 4.77. The number of hydrogen-bond acceptors (Lipinski definition) is 4. The highest BCUT2D eigenvalue weighted by Gasteiger charge is 2.41. The van der Waals surface area contributed by atoms with Crippen LogP contribution in [0.15, 0.2) is 46.6 Å². The van der Waals surface area contributed by atoms with Crippen LogP contribution in [0, 0.1) is 24.1 Å². The Morgan fingerprint density at radius 2 is 2.00 bits per heavy atom. The SMILES string of the molecule is Cc1cc(C2CC(C)(C(=O)Nc3ccc(C#N)c(C(F)(F)F)c3)N=N2)ccc1F. The summed E-state index contributed by atoms with van der Waals surface area (Å²) in [5, 5.41) is 19.4. The van der Waals surface area contributed by atoms with Crippen molar-refractivity contribution in [1.82, 2.24) is 0 Å². The standard InChI is InChI=1S/C20H16F4N4O/c1-11-7-12(4-6-16(11)21)17-9-19(2,28-27-17)18(29)26-14-5-3-13(10-25)15(8-14)20(22,23)24/h3-8,17H,9H2,1-2H3,(H,26,29). The van der Waals surface area contributed by atoms with Crippen LogP contribution in [0.1, 0.15) is 41.6 Å². The summed E-state index contributed by atoms with van der Waals surface area (Å²) in [7, 11) is 0. The topological polar surface area (TPSA) is 77.6 Å². The first-order valence-electron chi connectivity index (χ1n) is 8.64. The van der Waals surface area contributed by atoms with Gasteiger partial charge in [0, 0.05) is 12.1 Å². The Kier molecular flexibility index (Phi) is 5.13. The van der Waals surface area contributed by atoms with Crippen molar-refractivity contribution in [2.24, 2.45) is 10.2 Å². The van der Waals surface area contributed by atoms with Crippen molar-refractivity contribution in [2.45, 2.75) is 38.0 Å². The molecule has 1 N–H and O–H groups in total. The highest BCUT2D eigenvalue weighted by molar-refractivity contribution is 5.98. The number of alkyl halides is 3. The van der Waals surface area contributed by atoms with Gasteiger partial charge in [0.2, 0.25) is 0 Å². The molecule has 2 aromatic carbocycles. The van der Waals surface area contributed by atoms with Crippen molar-refractivity contribution < 1.29 is 22.4 Å². The molecule has 0 saturated carbocycles. The zero-order chi connectivity index (χ0) is 21.4. The number of azo groups is 1. The molecule has 2 aromatic rings. The molecular formula is C20H16F4N4O. The Morgan fingerprint density at radius 1 is 1.28 bits per heavy atom. The molecule has 0 spiro atoms. The van der Waals surface area contributed by atoms with E-state index in [2.05, 4.69) is 15.5 Å². The third kappa shape index (κ3) is 4.11. The Labute approximate surface area is 164 Å². The summed E-state index contributed by atoms with van der Waals surface area (Å²) in [4.78, 5) is 12.7. The van der Waals surface area contributed by atoms with Gasteiger partial charge in [-0.05, 0) is 49.2 Å². The highest BCUT2D eigenvalue weighted by Crippen LogP contribution is 2.39. The molecular weight excluding hydrogens is 388 g/mol. The van der Waals surface area contributed by atoms with Gasteiger partial charge < -0.3 is 5.32 Å². The fourth-order valence-electron chi connectivity index (χ4n) is 3.07. The van der Waals surface area contributed by atoms with Crippen molar-refractivity contribution in [2.75, 3.05) is 5.32 Å². The Morgan fingerprint density at radius 3 is 2.62 bits per heavy atom. The van der Waals surface area contributed by atoms with Crippen LogP contribution in [0.4, 0.5) is 23.2 Å². The summed E-state index contributed by atoms with van der Waals surface area (Å²) in [6, 6.07) is 8.46. The van der Waals surface area contributed by atoms with Crippen LogP contribution in [0.5, 0.6) is 0 Å². The number of rotatable bonds is 3. The molecule has 9 heteroatoms. The van der Waals surface area contributed by atoms with Crippen LogP contribution in [-0.2, 0) is 11.0 Å². The maximum atomic E-state index is 13.5. The van der Waals surface area contributed by atoms with Gasteiger partial charge in [-0.15, -0.1) is 0 Å². The Bertz CT molecular complexity index is 1040. The van der Waals surface area contributed by atoms with Crippen molar-refractivity contribution >= 4 is 11.6 Å². The van der Waals surface area contributed by atoms with Gasteiger partial charge in [-0.1, -0.05) is 12.1 Å². The second-order valence-corrected chi connectivity index (χ2v) is 7.04. The molecule has 1 aliphatic heterocycles. The first-order chi connectivity index (χ1) is 13.5. The minimum absolute atomic E-state index is 0.0983. The molecule has 1 amide bonds. The molecule has 3 rings (SSSR count). The van der Waals surface area contributed by atoms with Crippen molar-refractivity contribution in [1.29, 1.82) is 5.26 Å². The highest BCUT2D eigenvalue weighted by atomic mass is 19.4. The van der Waals surface area contributed by atoms with Gasteiger partial charge in [-0.3, -0.25) is 4.79 Å². The normalized spacial score (nSPS) is 21.1.